The molecule has 0 N–H and O–H groups in total. The molecule has 6 rings (SSSR count). The first-order valence-corrected chi connectivity index (χ1v) is 12.3. The number of hydrogen-bond acceptors (Lipinski definition) is 4. The van der Waals surface area contributed by atoms with Gasteiger partial charge in [0.05, 0.1) is 23.5 Å². The molecule has 0 saturated carbocycles. The van der Waals surface area contributed by atoms with Crippen LogP contribution < -0.4 is 5.56 Å². The van der Waals surface area contributed by atoms with Crippen molar-refractivity contribution in [2.45, 2.75) is 57.0 Å². The maximum atomic E-state index is 13.7. The van der Waals surface area contributed by atoms with Crippen LogP contribution in [-0.2, 0) is 18.3 Å². The number of rotatable bonds is 2. The molecule has 2 bridgehead atoms. The van der Waals surface area contributed by atoms with E-state index in [0.29, 0.717) is 22.9 Å². The minimum absolute atomic E-state index is 0.114. The molecule has 4 atom stereocenters. The topological polar surface area (TPSA) is 58.4 Å². The minimum Gasteiger partial charge on any atom is -0.335 e. The van der Waals surface area contributed by atoms with E-state index < -0.39 is 0 Å². The summed E-state index contributed by atoms with van der Waals surface area (Å²) in [6, 6.07) is 8.49. The Morgan fingerprint density at radius 2 is 1.97 bits per heavy atom. The summed E-state index contributed by atoms with van der Waals surface area (Å²) >= 11 is 0. The highest BCUT2D eigenvalue weighted by molar-refractivity contribution is 5.88. The summed E-state index contributed by atoms with van der Waals surface area (Å²) in [7, 11) is 1.67. The van der Waals surface area contributed by atoms with Crippen LogP contribution in [-0.4, -0.2) is 57.2 Å². The maximum absolute atomic E-state index is 13.7. The highest BCUT2D eigenvalue weighted by Gasteiger charge is 2.46. The molecule has 6 heteroatoms. The quantitative estimate of drug-likeness (QED) is 0.685. The van der Waals surface area contributed by atoms with Crippen LogP contribution in [0.1, 0.15) is 44.2 Å². The van der Waals surface area contributed by atoms with Crippen LogP contribution in [0.15, 0.2) is 40.7 Å². The van der Waals surface area contributed by atoms with Crippen LogP contribution in [0.5, 0.6) is 0 Å². The van der Waals surface area contributed by atoms with Gasteiger partial charge in [-0.15, -0.1) is 0 Å². The molecule has 168 valence electrons. The van der Waals surface area contributed by atoms with E-state index in [1.165, 1.54) is 42.5 Å². The van der Waals surface area contributed by atoms with Crippen molar-refractivity contribution in [1.82, 2.24) is 19.6 Å². The van der Waals surface area contributed by atoms with Gasteiger partial charge in [0.2, 0.25) is 5.91 Å². The molecular weight excluding hydrogens is 400 g/mol. The van der Waals surface area contributed by atoms with E-state index in [1.807, 2.05) is 24.3 Å². The first-order valence-electron chi connectivity index (χ1n) is 12.3. The van der Waals surface area contributed by atoms with E-state index in [0.717, 1.165) is 37.4 Å². The molecule has 1 amide bonds. The van der Waals surface area contributed by atoms with Crippen LogP contribution in [0, 0.1) is 11.8 Å². The predicted molar refractivity (Wildman–Crippen MR) is 124 cm³/mol. The molecule has 1 aromatic carbocycles. The number of aryl methyl sites for hydroxylation is 1. The number of piperidine rings is 3. The van der Waals surface area contributed by atoms with Gasteiger partial charge in [0, 0.05) is 31.6 Å². The molecular formula is C26H32N4O2. The highest BCUT2D eigenvalue weighted by Crippen LogP contribution is 2.45. The van der Waals surface area contributed by atoms with Crippen LogP contribution in [0.25, 0.3) is 10.8 Å². The summed E-state index contributed by atoms with van der Waals surface area (Å²) in [5.41, 5.74) is 2.10. The second-order valence-corrected chi connectivity index (χ2v) is 10.2. The SMILES string of the molecule is Cn1nc(CC(=O)N2CCCC3=C[C@H]4C[C@@H](CN5CCCC[C@@H]45)[C@H]32)c2ccccc2c1=O. The molecule has 3 aliphatic heterocycles. The van der Waals surface area contributed by atoms with E-state index >= 15 is 0 Å². The van der Waals surface area contributed by atoms with Gasteiger partial charge in [-0.25, -0.2) is 4.68 Å². The van der Waals surface area contributed by atoms with Crippen molar-refractivity contribution in [3.63, 3.8) is 0 Å². The van der Waals surface area contributed by atoms with Gasteiger partial charge in [-0.3, -0.25) is 14.5 Å². The molecule has 0 unspecified atom stereocenters. The van der Waals surface area contributed by atoms with Gasteiger partial charge in [-0.05, 0) is 56.6 Å². The largest absolute Gasteiger partial charge is 0.335 e. The number of likely N-dealkylation sites (tertiary alicyclic amines) is 1. The summed E-state index contributed by atoms with van der Waals surface area (Å²) < 4.78 is 1.37. The zero-order valence-corrected chi connectivity index (χ0v) is 18.9. The zero-order valence-electron chi connectivity index (χ0n) is 18.9. The lowest BCUT2D eigenvalue weighted by atomic mass is 9.68. The van der Waals surface area contributed by atoms with E-state index in [2.05, 4.69) is 21.0 Å². The molecule has 1 aromatic heterocycles. The van der Waals surface area contributed by atoms with Crippen molar-refractivity contribution >= 4 is 16.7 Å². The second-order valence-electron chi connectivity index (χ2n) is 10.2. The van der Waals surface area contributed by atoms with Gasteiger partial charge >= 0.3 is 0 Å². The fourth-order valence-electron chi connectivity index (χ4n) is 7.00. The molecule has 3 saturated heterocycles. The zero-order chi connectivity index (χ0) is 21.8. The molecule has 1 aliphatic carbocycles. The summed E-state index contributed by atoms with van der Waals surface area (Å²) in [6.45, 7) is 3.18. The Kier molecular flexibility index (Phi) is 4.94. The first kappa shape index (κ1) is 20.2. The maximum Gasteiger partial charge on any atom is 0.274 e. The number of carbonyl (C=O) groups excluding carboxylic acids is 1. The van der Waals surface area contributed by atoms with E-state index in [-0.39, 0.29) is 23.9 Å². The molecule has 4 aliphatic rings. The Bertz CT molecular complexity index is 1150. The van der Waals surface area contributed by atoms with Crippen molar-refractivity contribution in [2.75, 3.05) is 19.6 Å². The minimum atomic E-state index is -0.114. The number of hydrogen-bond donors (Lipinski definition) is 0. The van der Waals surface area contributed by atoms with Gasteiger partial charge in [-0.2, -0.15) is 5.10 Å². The summed E-state index contributed by atoms with van der Waals surface area (Å²) in [6.07, 6.45) is 10.2. The third-order valence-corrected chi connectivity index (χ3v) is 8.33. The number of nitrogens with zero attached hydrogens (tertiary/aromatic N) is 4. The number of fused-ring (bicyclic) bond motifs is 7. The summed E-state index contributed by atoms with van der Waals surface area (Å²) in [5, 5.41) is 5.93. The molecule has 0 radical (unpaired) electrons. The lowest BCUT2D eigenvalue weighted by Gasteiger charge is -2.54. The first-order chi connectivity index (χ1) is 15.6. The Hall–Kier alpha value is -2.47. The lowest BCUT2D eigenvalue weighted by molar-refractivity contribution is -0.135. The van der Waals surface area contributed by atoms with Crippen molar-refractivity contribution < 1.29 is 4.79 Å². The van der Waals surface area contributed by atoms with Crippen molar-refractivity contribution in [3.8, 4) is 0 Å². The van der Waals surface area contributed by atoms with Gasteiger partial charge in [-0.1, -0.05) is 36.3 Å². The normalized spacial score (nSPS) is 29.9. The molecule has 6 nitrogen and oxygen atoms in total. The van der Waals surface area contributed by atoms with Gasteiger partial charge in [0.15, 0.2) is 0 Å². The number of amides is 1. The number of carbonyl (C=O) groups is 1. The van der Waals surface area contributed by atoms with Gasteiger partial charge in [0.1, 0.15) is 0 Å². The van der Waals surface area contributed by atoms with Crippen LogP contribution in [0.4, 0.5) is 0 Å². The fourth-order valence-corrected chi connectivity index (χ4v) is 7.00. The van der Waals surface area contributed by atoms with E-state index in [1.54, 1.807) is 7.05 Å². The molecule has 0 spiro atoms. The standard InChI is InChI=1S/C26H32N4O2/c1-28-26(32)21-9-3-2-8-20(21)22(27-28)15-24(31)30-12-6-7-17-13-18-14-19(25(17)30)16-29-11-5-4-10-23(18)29/h2-3,8-9,13,18-19,23,25H,4-7,10-12,14-16H2,1H3/t18-,19-,23-,25-/m0/s1. The molecule has 3 fully saturated rings. The van der Waals surface area contributed by atoms with E-state index in [4.69, 9.17) is 0 Å². The van der Waals surface area contributed by atoms with Gasteiger partial charge < -0.3 is 4.90 Å². The average Bonchev–Trinajstić information content (AvgIpc) is 2.82. The van der Waals surface area contributed by atoms with E-state index in [9.17, 15) is 9.59 Å². The second kappa shape index (κ2) is 7.84. The fraction of sp³-hybridized carbons (Fsp3) is 0.577. The van der Waals surface area contributed by atoms with Crippen molar-refractivity contribution in [1.29, 1.82) is 0 Å². The summed E-state index contributed by atoms with van der Waals surface area (Å²) in [5.74, 6) is 1.36. The predicted octanol–water partition coefficient (Wildman–Crippen LogP) is 2.90. The Labute approximate surface area is 188 Å². The van der Waals surface area contributed by atoms with Gasteiger partial charge in [0.25, 0.3) is 5.56 Å². The smallest absolute Gasteiger partial charge is 0.274 e. The Morgan fingerprint density at radius 3 is 2.84 bits per heavy atom. The van der Waals surface area contributed by atoms with Crippen LogP contribution >= 0.6 is 0 Å². The third-order valence-electron chi connectivity index (χ3n) is 8.33. The van der Waals surface area contributed by atoms with Crippen LogP contribution in [0.2, 0.25) is 0 Å². The van der Waals surface area contributed by atoms with Crippen LogP contribution in [0.3, 0.4) is 0 Å². The van der Waals surface area contributed by atoms with Crippen molar-refractivity contribution in [3.05, 3.63) is 52.0 Å². The molecule has 2 aromatic rings. The Balaban J connectivity index is 1.31. The monoisotopic (exact) mass is 432 g/mol. The highest BCUT2D eigenvalue weighted by atomic mass is 16.2. The Morgan fingerprint density at radius 1 is 1.12 bits per heavy atom. The van der Waals surface area contributed by atoms with Crippen molar-refractivity contribution in [2.24, 2.45) is 18.9 Å². The summed E-state index contributed by atoms with van der Waals surface area (Å²) in [4.78, 5) is 31.0. The average molecular weight is 433 g/mol. The number of benzene rings is 1. The molecule has 4 heterocycles. The number of aromatic nitrogens is 2. The third kappa shape index (κ3) is 3.22. The molecule has 32 heavy (non-hydrogen) atoms. The lowest BCUT2D eigenvalue weighted by Crippen LogP contribution is -2.60.